The number of aliphatic imine (C=N–C) groups is 1. The quantitative estimate of drug-likeness (QED) is 0.641. The third-order valence-corrected chi connectivity index (χ3v) is 2.73. The molecule has 0 saturated heterocycles. The first kappa shape index (κ1) is 9.21. The Balaban J connectivity index is 2.53. The smallest absolute Gasteiger partial charge is 0.229 e. The van der Waals surface area contributed by atoms with Crippen molar-refractivity contribution in [2.45, 2.75) is 0 Å². The number of hydrogen-bond donors (Lipinski definition) is 1. The Labute approximate surface area is 71.8 Å². The van der Waals surface area contributed by atoms with Crippen LogP contribution in [0.5, 0.6) is 0 Å². The van der Waals surface area contributed by atoms with E-state index >= 15 is 0 Å². The van der Waals surface area contributed by atoms with E-state index in [1.165, 1.54) is 7.05 Å². The number of hydrogen-bond acceptors (Lipinski definition) is 4. The van der Waals surface area contributed by atoms with Crippen molar-refractivity contribution in [2.75, 3.05) is 19.5 Å². The standard InChI is InChI=1S/C6H11N3O2S/c1-7-12(10,11)6-9-4-2-8-3-5-9/h2-4,7H,5-6H2,1H3. The van der Waals surface area contributed by atoms with Crippen LogP contribution in [0.15, 0.2) is 17.4 Å². The molecule has 6 heteroatoms. The molecule has 1 aliphatic rings. The molecule has 0 aromatic heterocycles. The maximum Gasteiger partial charge on any atom is 0.229 e. The van der Waals surface area contributed by atoms with Crippen molar-refractivity contribution in [2.24, 2.45) is 4.99 Å². The van der Waals surface area contributed by atoms with E-state index in [1.54, 1.807) is 23.5 Å². The lowest BCUT2D eigenvalue weighted by Gasteiger charge is -2.18. The Bertz CT molecular complexity index is 294. The van der Waals surface area contributed by atoms with Crippen LogP contribution in [0.4, 0.5) is 0 Å². The highest BCUT2D eigenvalue weighted by molar-refractivity contribution is 7.89. The fourth-order valence-electron chi connectivity index (χ4n) is 0.785. The monoisotopic (exact) mass is 189 g/mol. The molecule has 0 aliphatic carbocycles. The molecule has 0 aromatic rings. The van der Waals surface area contributed by atoms with E-state index in [-0.39, 0.29) is 5.88 Å². The minimum atomic E-state index is -3.16. The minimum Gasteiger partial charge on any atom is -0.356 e. The molecule has 0 spiro atoms. The third-order valence-electron chi connectivity index (χ3n) is 1.43. The molecule has 0 radical (unpaired) electrons. The first-order valence-corrected chi connectivity index (χ1v) is 5.13. The van der Waals surface area contributed by atoms with E-state index in [0.29, 0.717) is 6.54 Å². The Morgan fingerprint density at radius 1 is 1.67 bits per heavy atom. The third kappa shape index (κ3) is 2.63. The van der Waals surface area contributed by atoms with Crippen LogP contribution in [0.1, 0.15) is 0 Å². The summed E-state index contributed by atoms with van der Waals surface area (Å²) >= 11 is 0. The molecule has 12 heavy (non-hydrogen) atoms. The largest absolute Gasteiger partial charge is 0.356 e. The molecule has 0 fully saturated rings. The maximum atomic E-state index is 11.0. The van der Waals surface area contributed by atoms with Gasteiger partial charge in [-0.1, -0.05) is 0 Å². The summed E-state index contributed by atoms with van der Waals surface area (Å²) in [5.74, 6) is -0.0218. The van der Waals surface area contributed by atoms with Crippen LogP contribution in [0.3, 0.4) is 0 Å². The fraction of sp³-hybridized carbons (Fsp3) is 0.500. The molecule has 0 amide bonds. The topological polar surface area (TPSA) is 61.8 Å². The lowest BCUT2D eigenvalue weighted by atomic mass is 10.5. The summed E-state index contributed by atoms with van der Waals surface area (Å²) in [6, 6.07) is 0. The van der Waals surface area contributed by atoms with E-state index < -0.39 is 10.0 Å². The van der Waals surface area contributed by atoms with E-state index in [0.717, 1.165) is 0 Å². The van der Waals surface area contributed by atoms with Gasteiger partial charge in [0.1, 0.15) is 5.88 Å². The van der Waals surface area contributed by atoms with Gasteiger partial charge >= 0.3 is 0 Å². The average Bonchev–Trinajstić information content (AvgIpc) is 2.06. The van der Waals surface area contributed by atoms with Gasteiger partial charge < -0.3 is 4.90 Å². The van der Waals surface area contributed by atoms with Crippen molar-refractivity contribution in [3.63, 3.8) is 0 Å². The van der Waals surface area contributed by atoms with E-state index in [4.69, 9.17) is 0 Å². The van der Waals surface area contributed by atoms with Crippen molar-refractivity contribution in [1.29, 1.82) is 0 Å². The second-order valence-corrected chi connectivity index (χ2v) is 4.25. The van der Waals surface area contributed by atoms with E-state index in [9.17, 15) is 8.42 Å². The average molecular weight is 189 g/mol. The van der Waals surface area contributed by atoms with Gasteiger partial charge in [0, 0.05) is 18.6 Å². The lowest BCUT2D eigenvalue weighted by Crippen LogP contribution is -2.33. The van der Waals surface area contributed by atoms with Gasteiger partial charge in [-0.05, 0) is 7.05 Å². The van der Waals surface area contributed by atoms with Crippen molar-refractivity contribution in [1.82, 2.24) is 9.62 Å². The molecule has 1 heterocycles. The van der Waals surface area contributed by atoms with Gasteiger partial charge in [0.15, 0.2) is 0 Å². The zero-order valence-electron chi connectivity index (χ0n) is 6.77. The molecule has 0 aromatic carbocycles. The number of rotatable bonds is 3. The number of nitrogens with zero attached hydrogens (tertiary/aromatic N) is 2. The molecule has 0 atom stereocenters. The predicted molar refractivity (Wildman–Crippen MR) is 47.2 cm³/mol. The summed E-state index contributed by atoms with van der Waals surface area (Å²) in [7, 11) is -1.76. The molecule has 1 N–H and O–H groups in total. The molecular formula is C6H11N3O2S. The van der Waals surface area contributed by atoms with Crippen LogP contribution in [0.2, 0.25) is 0 Å². The van der Waals surface area contributed by atoms with Gasteiger partial charge in [-0.25, -0.2) is 13.1 Å². The van der Waals surface area contributed by atoms with Gasteiger partial charge in [-0.3, -0.25) is 4.99 Å². The number of nitrogens with one attached hydrogen (secondary N) is 1. The van der Waals surface area contributed by atoms with Crippen molar-refractivity contribution in [3.8, 4) is 0 Å². The van der Waals surface area contributed by atoms with Crippen LogP contribution >= 0.6 is 0 Å². The second kappa shape index (κ2) is 3.68. The second-order valence-electron chi connectivity index (χ2n) is 2.35. The summed E-state index contributed by atoms with van der Waals surface area (Å²) in [5, 5.41) is 0. The maximum absolute atomic E-state index is 11.0. The summed E-state index contributed by atoms with van der Waals surface area (Å²) in [4.78, 5) is 5.47. The number of sulfonamides is 1. The van der Waals surface area contributed by atoms with Crippen molar-refractivity contribution < 1.29 is 8.42 Å². The van der Waals surface area contributed by atoms with Gasteiger partial charge in [0.2, 0.25) is 10.0 Å². The highest BCUT2D eigenvalue weighted by Crippen LogP contribution is 1.97. The Morgan fingerprint density at radius 2 is 2.42 bits per heavy atom. The van der Waals surface area contributed by atoms with E-state index in [1.807, 2.05) is 0 Å². The molecular weight excluding hydrogens is 178 g/mol. The predicted octanol–water partition coefficient (Wildman–Crippen LogP) is -0.649. The summed E-state index contributed by atoms with van der Waals surface area (Å²) in [6.07, 6.45) is 4.87. The first-order valence-electron chi connectivity index (χ1n) is 3.47. The molecule has 1 aliphatic heterocycles. The zero-order valence-corrected chi connectivity index (χ0v) is 7.58. The van der Waals surface area contributed by atoms with Crippen LogP contribution < -0.4 is 4.72 Å². The first-order chi connectivity index (χ1) is 5.64. The highest BCUT2D eigenvalue weighted by Gasteiger charge is 2.11. The lowest BCUT2D eigenvalue weighted by molar-refractivity contribution is 0.473. The fourth-order valence-corrected chi connectivity index (χ4v) is 1.54. The summed E-state index contributed by atoms with van der Waals surface area (Å²) in [6.45, 7) is 0.539. The van der Waals surface area contributed by atoms with Crippen LogP contribution in [-0.2, 0) is 10.0 Å². The molecule has 0 saturated carbocycles. The van der Waals surface area contributed by atoms with Gasteiger partial charge in [0.05, 0.1) is 6.54 Å². The normalized spacial score (nSPS) is 16.9. The van der Waals surface area contributed by atoms with Crippen LogP contribution in [-0.4, -0.2) is 39.0 Å². The van der Waals surface area contributed by atoms with Crippen LogP contribution in [0.25, 0.3) is 0 Å². The van der Waals surface area contributed by atoms with E-state index in [2.05, 4.69) is 9.71 Å². The molecule has 68 valence electrons. The highest BCUT2D eigenvalue weighted by atomic mass is 32.2. The minimum absolute atomic E-state index is 0.0218. The molecule has 1 rings (SSSR count). The van der Waals surface area contributed by atoms with Gasteiger partial charge in [-0.2, -0.15) is 0 Å². The van der Waals surface area contributed by atoms with Gasteiger partial charge in [-0.15, -0.1) is 0 Å². The zero-order chi connectivity index (χ0) is 9.03. The van der Waals surface area contributed by atoms with Gasteiger partial charge in [0.25, 0.3) is 0 Å². The Kier molecular flexibility index (Phi) is 2.83. The molecule has 5 nitrogen and oxygen atoms in total. The summed E-state index contributed by atoms with van der Waals surface area (Å²) < 4.78 is 24.3. The summed E-state index contributed by atoms with van der Waals surface area (Å²) in [5.41, 5.74) is 0. The molecule has 0 bridgehead atoms. The SMILES string of the molecule is CNS(=O)(=O)CN1C=CN=CC1. The van der Waals surface area contributed by atoms with Crippen LogP contribution in [0, 0.1) is 0 Å². The Hall–Kier alpha value is -0.880. The Morgan fingerprint density at radius 3 is 2.92 bits per heavy atom. The van der Waals surface area contributed by atoms with Crippen molar-refractivity contribution in [3.05, 3.63) is 12.4 Å². The van der Waals surface area contributed by atoms with Crippen molar-refractivity contribution >= 4 is 16.2 Å². The molecule has 0 unspecified atom stereocenters.